The van der Waals surface area contributed by atoms with E-state index in [2.05, 4.69) is 35.6 Å². The van der Waals surface area contributed by atoms with Gasteiger partial charge in [-0.15, -0.1) is 0 Å². The fourth-order valence-electron chi connectivity index (χ4n) is 2.06. The number of fused-ring (bicyclic) bond motifs is 1. The molecule has 0 aromatic rings. The minimum Gasteiger partial charge on any atom is -0.341 e. The molecule has 0 bridgehead atoms. The van der Waals surface area contributed by atoms with Crippen LogP contribution in [-0.2, 0) is 0 Å². The van der Waals surface area contributed by atoms with Crippen LogP contribution >= 0.6 is 0 Å². The van der Waals surface area contributed by atoms with Gasteiger partial charge in [0.1, 0.15) is 0 Å². The van der Waals surface area contributed by atoms with Gasteiger partial charge in [0.25, 0.3) is 0 Å². The van der Waals surface area contributed by atoms with Crippen LogP contribution in [0, 0.1) is 0 Å². The first-order valence-electron chi connectivity index (χ1n) is 5.16. The summed E-state index contributed by atoms with van der Waals surface area (Å²) in [4.78, 5) is 9.44. The number of guanidine groups is 1. The van der Waals surface area contributed by atoms with E-state index in [9.17, 15) is 0 Å². The van der Waals surface area contributed by atoms with Crippen molar-refractivity contribution in [3.05, 3.63) is 0 Å². The highest BCUT2D eigenvalue weighted by molar-refractivity contribution is 5.83. The Morgan fingerprint density at radius 3 is 2.62 bits per heavy atom. The average Bonchev–Trinajstić information content (AvgIpc) is 2.45. The van der Waals surface area contributed by atoms with Gasteiger partial charge < -0.3 is 9.80 Å². The zero-order valence-corrected chi connectivity index (χ0v) is 8.88. The van der Waals surface area contributed by atoms with Crippen LogP contribution in [0.5, 0.6) is 0 Å². The van der Waals surface area contributed by atoms with E-state index in [0.717, 1.165) is 19.6 Å². The first-order chi connectivity index (χ1) is 6.09. The maximum Gasteiger partial charge on any atom is 0.197 e. The Morgan fingerprint density at radius 1 is 1.15 bits per heavy atom. The number of hydrogen-bond acceptors (Lipinski definition) is 3. The van der Waals surface area contributed by atoms with Crippen LogP contribution in [0.3, 0.4) is 0 Å². The molecule has 0 amide bonds. The van der Waals surface area contributed by atoms with E-state index in [0.29, 0.717) is 0 Å². The van der Waals surface area contributed by atoms with E-state index < -0.39 is 0 Å². The van der Waals surface area contributed by atoms with Crippen molar-refractivity contribution >= 4 is 5.96 Å². The zero-order valence-electron chi connectivity index (χ0n) is 8.88. The first kappa shape index (κ1) is 8.85. The highest BCUT2D eigenvalue weighted by Gasteiger charge is 2.34. The molecule has 2 aliphatic heterocycles. The summed E-state index contributed by atoms with van der Waals surface area (Å²) >= 11 is 0. The van der Waals surface area contributed by atoms with Crippen molar-refractivity contribution in [3.8, 4) is 0 Å². The van der Waals surface area contributed by atoms with Gasteiger partial charge in [-0.1, -0.05) is 0 Å². The standard InChI is InChI=1S/C10H19N3/c1-10(2,3)13-8-7-12-6-4-5-11-9(12)13/h4-8H2,1-3H3. The molecule has 0 spiro atoms. The summed E-state index contributed by atoms with van der Waals surface area (Å²) in [5, 5.41) is 0. The predicted molar refractivity (Wildman–Crippen MR) is 55.0 cm³/mol. The minimum absolute atomic E-state index is 0.227. The Hall–Kier alpha value is -0.730. The van der Waals surface area contributed by atoms with E-state index in [1.54, 1.807) is 0 Å². The molecule has 0 aromatic carbocycles. The van der Waals surface area contributed by atoms with Gasteiger partial charge in [0.05, 0.1) is 0 Å². The molecule has 0 aromatic heterocycles. The lowest BCUT2D eigenvalue weighted by Gasteiger charge is -2.35. The van der Waals surface area contributed by atoms with Gasteiger partial charge in [0.2, 0.25) is 0 Å². The molecule has 0 aliphatic carbocycles. The smallest absolute Gasteiger partial charge is 0.197 e. The molecule has 74 valence electrons. The SMILES string of the molecule is CC(C)(C)N1CCN2CCCN=C21. The van der Waals surface area contributed by atoms with Crippen molar-refractivity contribution in [3.63, 3.8) is 0 Å². The summed E-state index contributed by atoms with van der Waals surface area (Å²) in [7, 11) is 0. The van der Waals surface area contributed by atoms with E-state index in [1.165, 1.54) is 18.9 Å². The maximum absolute atomic E-state index is 4.61. The molecule has 0 saturated carbocycles. The van der Waals surface area contributed by atoms with Crippen molar-refractivity contribution in [1.29, 1.82) is 0 Å². The van der Waals surface area contributed by atoms with Crippen molar-refractivity contribution in [2.75, 3.05) is 26.2 Å². The Morgan fingerprint density at radius 2 is 1.92 bits per heavy atom. The molecule has 13 heavy (non-hydrogen) atoms. The number of rotatable bonds is 0. The lowest BCUT2D eigenvalue weighted by atomic mass is 10.1. The molecule has 3 heteroatoms. The fourth-order valence-corrected chi connectivity index (χ4v) is 2.06. The second kappa shape index (κ2) is 2.89. The van der Waals surface area contributed by atoms with Gasteiger partial charge in [0.15, 0.2) is 5.96 Å². The minimum atomic E-state index is 0.227. The summed E-state index contributed by atoms with van der Waals surface area (Å²) in [6.07, 6.45) is 1.22. The van der Waals surface area contributed by atoms with E-state index in [4.69, 9.17) is 0 Å². The van der Waals surface area contributed by atoms with Crippen LogP contribution in [0.2, 0.25) is 0 Å². The molecule has 2 heterocycles. The third-order valence-corrected chi connectivity index (χ3v) is 2.77. The third-order valence-electron chi connectivity index (χ3n) is 2.77. The zero-order chi connectivity index (χ0) is 9.47. The molecule has 1 saturated heterocycles. The average molecular weight is 181 g/mol. The molecular formula is C10H19N3. The molecular weight excluding hydrogens is 162 g/mol. The van der Waals surface area contributed by atoms with Gasteiger partial charge >= 0.3 is 0 Å². The normalized spacial score (nSPS) is 23.2. The topological polar surface area (TPSA) is 18.8 Å². The second-order valence-corrected chi connectivity index (χ2v) is 4.84. The van der Waals surface area contributed by atoms with Crippen molar-refractivity contribution in [1.82, 2.24) is 9.80 Å². The summed E-state index contributed by atoms with van der Waals surface area (Å²) in [6.45, 7) is 11.3. The maximum atomic E-state index is 4.61. The Labute approximate surface area is 80.4 Å². The Balaban J connectivity index is 2.20. The van der Waals surface area contributed by atoms with Gasteiger partial charge in [0, 0.05) is 31.7 Å². The van der Waals surface area contributed by atoms with Crippen LogP contribution < -0.4 is 0 Å². The quantitative estimate of drug-likeness (QED) is 0.558. The summed E-state index contributed by atoms with van der Waals surface area (Å²) < 4.78 is 0. The van der Waals surface area contributed by atoms with Gasteiger partial charge in [-0.2, -0.15) is 0 Å². The molecule has 0 atom stereocenters. The molecule has 2 aliphatic rings. The lowest BCUT2D eigenvalue weighted by Crippen LogP contribution is -2.46. The predicted octanol–water partition coefficient (Wildman–Crippen LogP) is 1.16. The lowest BCUT2D eigenvalue weighted by molar-refractivity contribution is 0.257. The summed E-state index contributed by atoms with van der Waals surface area (Å²) in [5.41, 5.74) is 0.227. The molecule has 2 rings (SSSR count). The van der Waals surface area contributed by atoms with Crippen molar-refractivity contribution < 1.29 is 0 Å². The van der Waals surface area contributed by atoms with Crippen LogP contribution in [0.4, 0.5) is 0 Å². The highest BCUT2D eigenvalue weighted by Crippen LogP contribution is 2.22. The van der Waals surface area contributed by atoms with Crippen LogP contribution in [0.1, 0.15) is 27.2 Å². The van der Waals surface area contributed by atoms with Crippen molar-refractivity contribution in [2.45, 2.75) is 32.7 Å². The number of aliphatic imine (C=N–C) groups is 1. The number of nitrogens with zero attached hydrogens (tertiary/aromatic N) is 3. The van der Waals surface area contributed by atoms with Gasteiger partial charge in [-0.05, 0) is 27.2 Å². The highest BCUT2D eigenvalue weighted by atomic mass is 15.5. The first-order valence-corrected chi connectivity index (χ1v) is 5.16. The monoisotopic (exact) mass is 181 g/mol. The number of hydrogen-bond donors (Lipinski definition) is 0. The third kappa shape index (κ3) is 1.52. The molecule has 0 unspecified atom stereocenters. The van der Waals surface area contributed by atoms with E-state index in [1.807, 2.05) is 0 Å². The van der Waals surface area contributed by atoms with Gasteiger partial charge in [-0.3, -0.25) is 4.99 Å². The largest absolute Gasteiger partial charge is 0.341 e. The molecule has 3 nitrogen and oxygen atoms in total. The van der Waals surface area contributed by atoms with Crippen LogP contribution in [-0.4, -0.2) is 47.5 Å². The van der Waals surface area contributed by atoms with Crippen molar-refractivity contribution in [2.24, 2.45) is 4.99 Å². The van der Waals surface area contributed by atoms with E-state index in [-0.39, 0.29) is 5.54 Å². The Kier molecular flexibility index (Phi) is 1.97. The Bertz CT molecular complexity index is 227. The molecule has 1 fully saturated rings. The van der Waals surface area contributed by atoms with Crippen LogP contribution in [0.15, 0.2) is 4.99 Å². The van der Waals surface area contributed by atoms with E-state index >= 15 is 0 Å². The fraction of sp³-hybridized carbons (Fsp3) is 0.900. The molecule has 0 N–H and O–H groups in total. The summed E-state index contributed by atoms with van der Waals surface area (Å²) in [6, 6.07) is 0. The molecule has 0 radical (unpaired) electrons. The van der Waals surface area contributed by atoms with Gasteiger partial charge in [-0.25, -0.2) is 0 Å². The summed E-state index contributed by atoms with van der Waals surface area (Å²) in [5.74, 6) is 1.23. The second-order valence-electron chi connectivity index (χ2n) is 4.84. The van der Waals surface area contributed by atoms with Crippen LogP contribution in [0.25, 0.3) is 0 Å².